The SMILES string of the molecule is COc1ccc(Cc2nc3c(c4c2[nH]c2ccccc24)CCN(C(=O)CN2CCCC2)C3)cc1F. The number of nitrogens with one attached hydrogen (secondary N) is 1. The van der Waals surface area contributed by atoms with Gasteiger partial charge in [0.25, 0.3) is 0 Å². The minimum absolute atomic E-state index is 0.178. The molecule has 0 unspecified atom stereocenters. The number of aromatic nitrogens is 2. The van der Waals surface area contributed by atoms with Crippen LogP contribution in [-0.4, -0.2) is 59.0 Å². The van der Waals surface area contributed by atoms with Crippen LogP contribution in [0.25, 0.3) is 21.8 Å². The Morgan fingerprint density at radius 3 is 2.77 bits per heavy atom. The number of para-hydroxylation sites is 1. The summed E-state index contributed by atoms with van der Waals surface area (Å²) < 4.78 is 19.5. The molecule has 0 atom stereocenters. The monoisotopic (exact) mass is 472 g/mol. The van der Waals surface area contributed by atoms with E-state index in [1.54, 1.807) is 6.07 Å². The van der Waals surface area contributed by atoms with Crippen LogP contribution in [0.3, 0.4) is 0 Å². The third-order valence-electron chi connectivity index (χ3n) is 7.39. The van der Waals surface area contributed by atoms with Gasteiger partial charge in [0.05, 0.1) is 37.1 Å². The van der Waals surface area contributed by atoms with Gasteiger partial charge < -0.3 is 14.6 Å². The van der Waals surface area contributed by atoms with Gasteiger partial charge in [0.15, 0.2) is 11.6 Å². The maximum absolute atomic E-state index is 14.4. The van der Waals surface area contributed by atoms with Gasteiger partial charge in [0.2, 0.25) is 5.91 Å². The Hall–Kier alpha value is -3.45. The van der Waals surface area contributed by atoms with Crippen molar-refractivity contribution in [2.75, 3.05) is 33.3 Å². The molecule has 0 aliphatic carbocycles. The molecule has 6 rings (SSSR count). The molecule has 1 amide bonds. The molecule has 0 bridgehead atoms. The zero-order chi connectivity index (χ0) is 23.9. The van der Waals surface area contributed by atoms with E-state index in [4.69, 9.17) is 9.72 Å². The molecule has 0 spiro atoms. The second kappa shape index (κ2) is 8.96. The molecule has 180 valence electrons. The predicted octanol–water partition coefficient (Wildman–Crippen LogP) is 4.44. The highest BCUT2D eigenvalue weighted by molar-refractivity contribution is 6.10. The van der Waals surface area contributed by atoms with Crippen LogP contribution in [0.4, 0.5) is 4.39 Å². The fourth-order valence-corrected chi connectivity index (χ4v) is 5.60. The number of carbonyl (C=O) groups excluding carboxylic acids is 1. The number of carbonyl (C=O) groups is 1. The number of methoxy groups -OCH3 is 1. The number of likely N-dealkylation sites (tertiary alicyclic amines) is 1. The smallest absolute Gasteiger partial charge is 0.237 e. The molecular formula is C28H29FN4O2. The Bertz CT molecular complexity index is 1420. The summed E-state index contributed by atoms with van der Waals surface area (Å²) in [5.41, 5.74) is 5.92. The number of H-pyrrole nitrogens is 1. The van der Waals surface area contributed by atoms with E-state index in [2.05, 4.69) is 28.1 Å². The fourth-order valence-electron chi connectivity index (χ4n) is 5.60. The van der Waals surface area contributed by atoms with Crippen LogP contribution in [0.2, 0.25) is 0 Å². The highest BCUT2D eigenvalue weighted by atomic mass is 19.1. The molecule has 1 N–H and O–H groups in total. The molecule has 35 heavy (non-hydrogen) atoms. The number of amides is 1. The Balaban J connectivity index is 1.40. The first kappa shape index (κ1) is 22.0. The van der Waals surface area contributed by atoms with Crippen molar-refractivity contribution >= 4 is 27.7 Å². The Kier molecular flexibility index (Phi) is 5.65. The van der Waals surface area contributed by atoms with Crippen LogP contribution in [0, 0.1) is 5.82 Å². The quantitative estimate of drug-likeness (QED) is 0.467. The fraction of sp³-hybridized carbons (Fsp3) is 0.357. The van der Waals surface area contributed by atoms with E-state index in [0.29, 0.717) is 26.1 Å². The topological polar surface area (TPSA) is 61.5 Å². The molecular weight excluding hydrogens is 443 g/mol. The lowest BCUT2D eigenvalue weighted by molar-refractivity contribution is -0.133. The molecule has 1 fully saturated rings. The van der Waals surface area contributed by atoms with Crippen molar-refractivity contribution in [1.29, 1.82) is 0 Å². The number of halogens is 1. The number of fused-ring (bicyclic) bond motifs is 5. The van der Waals surface area contributed by atoms with E-state index < -0.39 is 0 Å². The lowest BCUT2D eigenvalue weighted by Gasteiger charge is -2.30. The van der Waals surface area contributed by atoms with Crippen molar-refractivity contribution in [3.05, 3.63) is 70.8 Å². The number of hydrogen-bond acceptors (Lipinski definition) is 4. The molecule has 7 heteroatoms. The zero-order valence-electron chi connectivity index (χ0n) is 19.9. The first-order valence-corrected chi connectivity index (χ1v) is 12.3. The van der Waals surface area contributed by atoms with E-state index in [9.17, 15) is 9.18 Å². The maximum Gasteiger partial charge on any atom is 0.237 e. The minimum Gasteiger partial charge on any atom is -0.494 e. The van der Waals surface area contributed by atoms with Crippen LogP contribution in [0.5, 0.6) is 5.75 Å². The van der Waals surface area contributed by atoms with E-state index in [1.807, 2.05) is 17.0 Å². The van der Waals surface area contributed by atoms with Crippen LogP contribution in [-0.2, 0) is 24.2 Å². The number of pyridine rings is 1. The van der Waals surface area contributed by atoms with Crippen LogP contribution < -0.4 is 4.74 Å². The summed E-state index contributed by atoms with van der Waals surface area (Å²) in [6.45, 7) is 3.73. The summed E-state index contributed by atoms with van der Waals surface area (Å²) >= 11 is 0. The van der Waals surface area contributed by atoms with Crippen LogP contribution >= 0.6 is 0 Å². The van der Waals surface area contributed by atoms with E-state index in [1.165, 1.54) is 42.4 Å². The summed E-state index contributed by atoms with van der Waals surface area (Å²) in [5, 5.41) is 2.35. The van der Waals surface area contributed by atoms with Gasteiger partial charge >= 0.3 is 0 Å². The summed E-state index contributed by atoms with van der Waals surface area (Å²) in [6, 6.07) is 13.3. The minimum atomic E-state index is -0.380. The van der Waals surface area contributed by atoms with Gasteiger partial charge in [0, 0.05) is 29.3 Å². The molecule has 2 aliphatic heterocycles. The number of nitrogens with zero attached hydrogens (tertiary/aromatic N) is 3. The van der Waals surface area contributed by atoms with Crippen molar-refractivity contribution < 1.29 is 13.9 Å². The zero-order valence-corrected chi connectivity index (χ0v) is 19.9. The number of ether oxygens (including phenoxy) is 1. The third kappa shape index (κ3) is 4.04. The van der Waals surface area contributed by atoms with Crippen LogP contribution in [0.1, 0.15) is 35.4 Å². The van der Waals surface area contributed by atoms with Gasteiger partial charge in [-0.25, -0.2) is 4.39 Å². The largest absolute Gasteiger partial charge is 0.494 e. The summed E-state index contributed by atoms with van der Waals surface area (Å²) in [7, 11) is 1.47. The lowest BCUT2D eigenvalue weighted by Crippen LogP contribution is -2.42. The van der Waals surface area contributed by atoms with Gasteiger partial charge in [0.1, 0.15) is 0 Å². The van der Waals surface area contributed by atoms with Crippen molar-refractivity contribution in [1.82, 2.24) is 19.8 Å². The number of benzene rings is 2. The Labute approximate surface area is 203 Å². The molecule has 1 saturated heterocycles. The van der Waals surface area contributed by atoms with Crippen molar-refractivity contribution in [3.8, 4) is 5.75 Å². The van der Waals surface area contributed by atoms with Crippen molar-refractivity contribution in [2.45, 2.75) is 32.2 Å². The van der Waals surface area contributed by atoms with Crippen molar-refractivity contribution in [2.24, 2.45) is 0 Å². The highest BCUT2D eigenvalue weighted by Gasteiger charge is 2.27. The molecule has 4 heterocycles. The lowest BCUT2D eigenvalue weighted by atomic mass is 9.96. The molecule has 0 saturated carbocycles. The number of hydrogen-bond donors (Lipinski definition) is 1. The van der Waals surface area contributed by atoms with Gasteiger partial charge in [-0.05, 0) is 61.7 Å². The normalized spacial score (nSPS) is 16.2. The summed E-state index contributed by atoms with van der Waals surface area (Å²) in [5.74, 6) is 0.0294. The Morgan fingerprint density at radius 2 is 1.97 bits per heavy atom. The number of rotatable bonds is 5. The summed E-state index contributed by atoms with van der Waals surface area (Å²) in [4.78, 5) is 25.9. The highest BCUT2D eigenvalue weighted by Crippen LogP contribution is 2.35. The molecule has 0 radical (unpaired) electrons. The molecule has 6 nitrogen and oxygen atoms in total. The second-order valence-corrected chi connectivity index (χ2v) is 9.60. The van der Waals surface area contributed by atoms with Crippen molar-refractivity contribution in [3.63, 3.8) is 0 Å². The standard InChI is InChI=1S/C28H29FN4O2/c1-35-25-9-8-18(14-21(25)29)15-23-28-27(19-6-2-3-7-22(19)31-28)20-10-13-33(16-24(20)30-23)26(34)17-32-11-4-5-12-32/h2-3,6-9,14,31H,4-5,10-13,15-17H2,1H3. The van der Waals surface area contributed by atoms with Gasteiger partial charge in [-0.1, -0.05) is 24.3 Å². The first-order chi connectivity index (χ1) is 17.1. The third-order valence-corrected chi connectivity index (χ3v) is 7.39. The molecule has 4 aromatic rings. The molecule has 2 aliphatic rings. The first-order valence-electron chi connectivity index (χ1n) is 12.3. The van der Waals surface area contributed by atoms with Crippen LogP contribution in [0.15, 0.2) is 42.5 Å². The van der Waals surface area contributed by atoms with E-state index in [0.717, 1.165) is 47.5 Å². The average molecular weight is 473 g/mol. The summed E-state index contributed by atoms with van der Waals surface area (Å²) in [6.07, 6.45) is 3.61. The van der Waals surface area contributed by atoms with E-state index in [-0.39, 0.29) is 17.5 Å². The average Bonchev–Trinajstić information content (AvgIpc) is 3.52. The maximum atomic E-state index is 14.4. The van der Waals surface area contributed by atoms with E-state index >= 15 is 0 Å². The van der Waals surface area contributed by atoms with Gasteiger partial charge in [-0.2, -0.15) is 0 Å². The van der Waals surface area contributed by atoms with Gasteiger partial charge in [-0.3, -0.25) is 14.7 Å². The number of aromatic amines is 1. The predicted molar refractivity (Wildman–Crippen MR) is 134 cm³/mol. The Morgan fingerprint density at radius 1 is 1.14 bits per heavy atom. The molecule has 2 aromatic heterocycles. The second-order valence-electron chi connectivity index (χ2n) is 9.60. The molecule has 2 aromatic carbocycles. The van der Waals surface area contributed by atoms with Gasteiger partial charge in [-0.15, -0.1) is 0 Å².